The van der Waals surface area contributed by atoms with Crippen LogP contribution in [0.15, 0.2) is 24.3 Å². The lowest BCUT2D eigenvalue weighted by molar-refractivity contribution is 0.634. The fourth-order valence-corrected chi connectivity index (χ4v) is 3.77. The van der Waals surface area contributed by atoms with Gasteiger partial charge in [0, 0.05) is 9.75 Å². The molecule has 0 saturated carbocycles. The van der Waals surface area contributed by atoms with E-state index < -0.39 is 0 Å². The lowest BCUT2D eigenvalue weighted by Crippen LogP contribution is -2.22. The number of aryl methyl sites for hydroxylation is 4. The molecule has 1 nitrogen and oxygen atoms in total. The second-order valence-electron chi connectivity index (χ2n) is 5.26. The maximum Gasteiger partial charge on any atom is 0.0676 e. The largest absolute Gasteiger partial charge is 0.306 e. The summed E-state index contributed by atoms with van der Waals surface area (Å²) in [6.45, 7) is 11.9. The predicted octanol–water partition coefficient (Wildman–Crippen LogP) is 4.68. The van der Waals surface area contributed by atoms with Crippen molar-refractivity contribution < 1.29 is 0 Å². The lowest BCUT2D eigenvalue weighted by atomic mass is 9.96. The van der Waals surface area contributed by atoms with Gasteiger partial charge in [0.1, 0.15) is 0 Å². The Balaban J connectivity index is 2.48. The Kier molecular flexibility index (Phi) is 4.43. The summed E-state index contributed by atoms with van der Waals surface area (Å²) in [6, 6.07) is 9.36. The molecule has 0 saturated heterocycles. The Bertz CT molecular complexity index is 569. The van der Waals surface area contributed by atoms with Gasteiger partial charge in [-0.05, 0) is 57.0 Å². The zero-order chi connectivity index (χ0) is 14.0. The van der Waals surface area contributed by atoms with Gasteiger partial charge in [0.15, 0.2) is 0 Å². The quantitative estimate of drug-likeness (QED) is 0.853. The molecular formula is C17H23NS. The van der Waals surface area contributed by atoms with Gasteiger partial charge in [0.2, 0.25) is 0 Å². The topological polar surface area (TPSA) is 12.0 Å². The van der Waals surface area contributed by atoms with Gasteiger partial charge in [-0.25, -0.2) is 0 Å². The summed E-state index contributed by atoms with van der Waals surface area (Å²) in [7, 11) is 0. The third-order valence-corrected chi connectivity index (χ3v) is 4.70. The first kappa shape index (κ1) is 14.3. The van der Waals surface area contributed by atoms with Gasteiger partial charge in [0.05, 0.1) is 6.04 Å². The molecule has 0 aliphatic heterocycles. The van der Waals surface area contributed by atoms with Crippen LogP contribution in [-0.4, -0.2) is 6.54 Å². The minimum Gasteiger partial charge on any atom is -0.306 e. The van der Waals surface area contributed by atoms with Crippen LogP contribution < -0.4 is 5.32 Å². The molecule has 0 amide bonds. The number of thiophene rings is 1. The monoisotopic (exact) mass is 273 g/mol. The number of rotatable bonds is 4. The van der Waals surface area contributed by atoms with Gasteiger partial charge < -0.3 is 5.32 Å². The summed E-state index contributed by atoms with van der Waals surface area (Å²) in [4.78, 5) is 2.84. The van der Waals surface area contributed by atoms with Crippen LogP contribution in [0.2, 0.25) is 0 Å². The van der Waals surface area contributed by atoms with Gasteiger partial charge in [0.25, 0.3) is 0 Å². The van der Waals surface area contributed by atoms with Gasteiger partial charge in [-0.2, -0.15) is 0 Å². The highest BCUT2D eigenvalue weighted by molar-refractivity contribution is 7.12. The third kappa shape index (κ3) is 3.07. The summed E-state index contributed by atoms with van der Waals surface area (Å²) >= 11 is 1.91. The van der Waals surface area contributed by atoms with Crippen molar-refractivity contribution in [2.45, 2.75) is 40.7 Å². The lowest BCUT2D eigenvalue weighted by Gasteiger charge is -2.20. The van der Waals surface area contributed by atoms with E-state index in [9.17, 15) is 0 Å². The molecule has 1 aromatic carbocycles. The van der Waals surface area contributed by atoms with Gasteiger partial charge in [-0.3, -0.25) is 0 Å². The Morgan fingerprint density at radius 3 is 2.32 bits per heavy atom. The van der Waals surface area contributed by atoms with E-state index in [1.807, 2.05) is 11.3 Å². The van der Waals surface area contributed by atoms with Crippen molar-refractivity contribution in [1.29, 1.82) is 0 Å². The zero-order valence-corrected chi connectivity index (χ0v) is 13.3. The van der Waals surface area contributed by atoms with Crippen LogP contribution >= 0.6 is 11.3 Å². The highest BCUT2D eigenvalue weighted by atomic mass is 32.1. The van der Waals surface area contributed by atoms with Gasteiger partial charge >= 0.3 is 0 Å². The first-order valence-electron chi connectivity index (χ1n) is 6.90. The van der Waals surface area contributed by atoms with E-state index in [4.69, 9.17) is 0 Å². The maximum absolute atomic E-state index is 3.64. The van der Waals surface area contributed by atoms with Crippen molar-refractivity contribution in [3.8, 4) is 0 Å². The van der Waals surface area contributed by atoms with Crippen molar-refractivity contribution in [2.24, 2.45) is 0 Å². The summed E-state index contributed by atoms with van der Waals surface area (Å²) in [5.41, 5.74) is 5.50. The molecule has 0 fully saturated rings. The standard InChI is InChI=1S/C17H23NS/c1-6-18-16(17-13(4)10-14(5)19-17)15-8-7-11(2)9-12(15)3/h7-10,16,18H,6H2,1-5H3. The first-order chi connectivity index (χ1) is 9.02. The minimum absolute atomic E-state index is 0.323. The SMILES string of the molecule is CCNC(c1ccc(C)cc1C)c1sc(C)cc1C. The Morgan fingerprint density at radius 2 is 1.79 bits per heavy atom. The van der Waals surface area contributed by atoms with Crippen LogP contribution in [0.3, 0.4) is 0 Å². The van der Waals surface area contributed by atoms with E-state index in [-0.39, 0.29) is 0 Å². The Labute approximate surface area is 120 Å². The minimum atomic E-state index is 0.323. The van der Waals surface area contributed by atoms with Crippen molar-refractivity contribution in [3.05, 3.63) is 56.3 Å². The van der Waals surface area contributed by atoms with E-state index in [1.54, 1.807) is 0 Å². The number of nitrogens with one attached hydrogen (secondary N) is 1. The Morgan fingerprint density at radius 1 is 1.05 bits per heavy atom. The van der Waals surface area contributed by atoms with Crippen LogP contribution in [-0.2, 0) is 0 Å². The molecule has 1 N–H and O–H groups in total. The molecule has 0 spiro atoms. The second-order valence-corrected chi connectivity index (χ2v) is 6.54. The van der Waals surface area contributed by atoms with Crippen molar-refractivity contribution in [1.82, 2.24) is 5.32 Å². The van der Waals surface area contributed by atoms with Crippen LogP contribution in [0.25, 0.3) is 0 Å². The molecule has 1 heterocycles. The van der Waals surface area contributed by atoms with Crippen LogP contribution in [0.1, 0.15) is 45.0 Å². The molecule has 1 aromatic heterocycles. The smallest absolute Gasteiger partial charge is 0.0676 e. The molecule has 0 aliphatic rings. The van der Waals surface area contributed by atoms with E-state index in [0.29, 0.717) is 6.04 Å². The van der Waals surface area contributed by atoms with Crippen LogP contribution in [0.5, 0.6) is 0 Å². The molecule has 0 radical (unpaired) electrons. The highest BCUT2D eigenvalue weighted by Gasteiger charge is 2.19. The maximum atomic E-state index is 3.64. The average Bonchev–Trinajstić information content (AvgIpc) is 2.66. The summed E-state index contributed by atoms with van der Waals surface area (Å²) in [5.74, 6) is 0. The molecular weight excluding hydrogens is 250 g/mol. The molecule has 1 atom stereocenters. The number of hydrogen-bond acceptors (Lipinski definition) is 2. The van der Waals surface area contributed by atoms with Crippen molar-refractivity contribution in [3.63, 3.8) is 0 Å². The van der Waals surface area contributed by atoms with E-state index in [1.165, 1.54) is 32.0 Å². The molecule has 2 aromatic rings. The normalized spacial score (nSPS) is 12.7. The third-order valence-electron chi connectivity index (χ3n) is 3.49. The van der Waals surface area contributed by atoms with Gasteiger partial charge in [-0.15, -0.1) is 11.3 Å². The summed E-state index contributed by atoms with van der Waals surface area (Å²) in [6.07, 6.45) is 0. The summed E-state index contributed by atoms with van der Waals surface area (Å²) in [5, 5.41) is 3.64. The zero-order valence-electron chi connectivity index (χ0n) is 12.5. The number of hydrogen-bond donors (Lipinski definition) is 1. The molecule has 0 aliphatic carbocycles. The fraction of sp³-hybridized carbons (Fsp3) is 0.412. The van der Waals surface area contributed by atoms with E-state index in [0.717, 1.165) is 6.54 Å². The molecule has 2 heteroatoms. The molecule has 102 valence electrons. The average molecular weight is 273 g/mol. The van der Waals surface area contributed by atoms with E-state index in [2.05, 4.69) is 64.2 Å². The highest BCUT2D eigenvalue weighted by Crippen LogP contribution is 2.33. The fourth-order valence-electron chi connectivity index (χ4n) is 2.64. The molecule has 0 bridgehead atoms. The Hall–Kier alpha value is -1.12. The second kappa shape index (κ2) is 5.89. The van der Waals surface area contributed by atoms with Gasteiger partial charge in [-0.1, -0.05) is 30.7 Å². The molecule has 1 unspecified atom stereocenters. The van der Waals surface area contributed by atoms with Crippen molar-refractivity contribution >= 4 is 11.3 Å². The molecule has 2 rings (SSSR count). The first-order valence-corrected chi connectivity index (χ1v) is 7.72. The van der Waals surface area contributed by atoms with Crippen LogP contribution in [0.4, 0.5) is 0 Å². The van der Waals surface area contributed by atoms with Crippen LogP contribution in [0, 0.1) is 27.7 Å². The summed E-state index contributed by atoms with van der Waals surface area (Å²) < 4.78 is 0. The predicted molar refractivity (Wildman–Crippen MR) is 85.2 cm³/mol. The number of benzene rings is 1. The van der Waals surface area contributed by atoms with Crippen molar-refractivity contribution in [2.75, 3.05) is 6.54 Å². The van der Waals surface area contributed by atoms with E-state index >= 15 is 0 Å². The molecule has 19 heavy (non-hydrogen) atoms.